The molecule has 0 aliphatic rings. The van der Waals surface area contributed by atoms with Crippen LogP contribution in [0.15, 0.2) is 60.7 Å². The minimum atomic E-state index is -0.641. The number of ether oxygens (including phenoxy) is 4. The zero-order valence-corrected chi connectivity index (χ0v) is 28.0. The van der Waals surface area contributed by atoms with Crippen LogP contribution in [0.25, 0.3) is 11.1 Å². The van der Waals surface area contributed by atoms with Crippen LogP contribution in [0, 0.1) is 0 Å². The van der Waals surface area contributed by atoms with Gasteiger partial charge >= 0.3 is 11.9 Å². The first kappa shape index (κ1) is 38.6. The molecule has 46 heavy (non-hydrogen) atoms. The van der Waals surface area contributed by atoms with Crippen molar-refractivity contribution in [2.75, 3.05) is 39.6 Å². The Hall–Kier alpha value is -3.62. The molecule has 2 rings (SSSR count). The molecule has 0 fully saturated rings. The van der Waals surface area contributed by atoms with Crippen LogP contribution in [0.4, 0.5) is 0 Å². The maximum Gasteiger partial charge on any atom is 0.335 e. The fraction of sp³-hybridized carbons (Fsp3) is 0.526. The minimum Gasteiger partial charge on any atom is -0.490 e. The number of hydrogen-bond acceptors (Lipinski definition) is 8. The van der Waals surface area contributed by atoms with Crippen LogP contribution in [-0.4, -0.2) is 61.8 Å². The third-order valence-electron chi connectivity index (χ3n) is 7.61. The molecule has 0 unspecified atom stereocenters. The molecule has 254 valence electrons. The van der Waals surface area contributed by atoms with Crippen LogP contribution in [-0.2, 0) is 31.9 Å². The van der Waals surface area contributed by atoms with Crippen LogP contribution in [0.5, 0.6) is 11.5 Å². The second kappa shape index (κ2) is 22.8. The molecule has 8 heteroatoms. The Labute approximate surface area is 275 Å². The number of carbonyl (C=O) groups is 2. The van der Waals surface area contributed by atoms with Crippen molar-refractivity contribution in [1.29, 1.82) is 0 Å². The molecule has 0 amide bonds. The van der Waals surface area contributed by atoms with Crippen molar-refractivity contribution < 1.29 is 38.7 Å². The SMILES string of the molecule is C=C(CO)C(=O)OCCOc1cc(CCCCCCC)cc(-c2cc(OCCOC(=O)C(=C)CO)ccc2CCCCCCC)c1. The van der Waals surface area contributed by atoms with Gasteiger partial charge in [-0.05, 0) is 72.2 Å². The van der Waals surface area contributed by atoms with Gasteiger partial charge in [-0.25, -0.2) is 9.59 Å². The molecule has 0 radical (unpaired) electrons. The Morgan fingerprint density at radius 2 is 1.17 bits per heavy atom. The van der Waals surface area contributed by atoms with Crippen LogP contribution in [0.1, 0.15) is 89.2 Å². The molecular weight excluding hydrogens is 584 g/mol. The van der Waals surface area contributed by atoms with Crippen molar-refractivity contribution in [3.63, 3.8) is 0 Å². The summed E-state index contributed by atoms with van der Waals surface area (Å²) in [5, 5.41) is 18.2. The van der Waals surface area contributed by atoms with E-state index in [9.17, 15) is 9.59 Å². The first-order valence-corrected chi connectivity index (χ1v) is 16.8. The quantitative estimate of drug-likeness (QED) is 0.0661. The molecular formula is C38H54O8. The Bertz CT molecular complexity index is 1240. The lowest BCUT2D eigenvalue weighted by Gasteiger charge is -2.16. The maximum absolute atomic E-state index is 11.9. The second-order valence-corrected chi connectivity index (χ2v) is 11.5. The Morgan fingerprint density at radius 3 is 1.74 bits per heavy atom. The van der Waals surface area contributed by atoms with Gasteiger partial charge in [0.25, 0.3) is 0 Å². The van der Waals surface area contributed by atoms with Gasteiger partial charge in [0.05, 0.1) is 24.4 Å². The summed E-state index contributed by atoms with van der Waals surface area (Å²) in [5.74, 6) is 0.0676. The van der Waals surface area contributed by atoms with Gasteiger partial charge in [0.2, 0.25) is 0 Å². The van der Waals surface area contributed by atoms with Gasteiger partial charge < -0.3 is 29.2 Å². The monoisotopic (exact) mass is 638 g/mol. The molecule has 0 aliphatic heterocycles. The lowest BCUT2D eigenvalue weighted by molar-refractivity contribution is -0.141. The third kappa shape index (κ3) is 14.6. The highest BCUT2D eigenvalue weighted by atomic mass is 16.6. The summed E-state index contributed by atoms with van der Waals surface area (Å²) in [6.07, 6.45) is 13.7. The van der Waals surface area contributed by atoms with E-state index >= 15 is 0 Å². The van der Waals surface area contributed by atoms with Crippen molar-refractivity contribution in [3.8, 4) is 22.6 Å². The first-order valence-electron chi connectivity index (χ1n) is 16.8. The molecule has 0 saturated carbocycles. The first-order chi connectivity index (χ1) is 22.3. The average Bonchev–Trinajstić information content (AvgIpc) is 3.07. The molecule has 0 bridgehead atoms. The zero-order valence-electron chi connectivity index (χ0n) is 28.0. The van der Waals surface area contributed by atoms with E-state index in [2.05, 4.69) is 45.2 Å². The normalized spacial score (nSPS) is 10.8. The topological polar surface area (TPSA) is 112 Å². The molecule has 0 aliphatic carbocycles. The molecule has 2 aromatic rings. The maximum atomic E-state index is 11.9. The Balaban J connectivity index is 2.30. The molecule has 0 atom stereocenters. The molecule has 0 spiro atoms. The minimum absolute atomic E-state index is 0.00243. The molecule has 8 nitrogen and oxygen atoms in total. The average molecular weight is 639 g/mol. The summed E-state index contributed by atoms with van der Waals surface area (Å²) in [7, 11) is 0. The van der Waals surface area contributed by atoms with E-state index in [1.807, 2.05) is 18.2 Å². The van der Waals surface area contributed by atoms with E-state index < -0.39 is 25.2 Å². The molecule has 0 aromatic heterocycles. The number of esters is 2. The number of carbonyl (C=O) groups excluding carboxylic acids is 2. The summed E-state index contributed by atoms with van der Waals surface area (Å²) < 4.78 is 22.3. The number of hydrogen-bond donors (Lipinski definition) is 2. The number of aliphatic hydroxyl groups excluding tert-OH is 2. The van der Waals surface area contributed by atoms with Gasteiger partial charge in [-0.3, -0.25) is 0 Å². The highest BCUT2D eigenvalue weighted by Crippen LogP contribution is 2.33. The number of aliphatic hydroxyl groups is 2. The van der Waals surface area contributed by atoms with Crippen LogP contribution in [0.2, 0.25) is 0 Å². The van der Waals surface area contributed by atoms with E-state index in [1.54, 1.807) is 0 Å². The van der Waals surface area contributed by atoms with Gasteiger partial charge in [-0.1, -0.05) is 90.5 Å². The molecule has 2 N–H and O–H groups in total. The van der Waals surface area contributed by atoms with E-state index in [0.29, 0.717) is 11.5 Å². The molecule has 0 heterocycles. The largest absolute Gasteiger partial charge is 0.490 e. The second-order valence-electron chi connectivity index (χ2n) is 11.5. The van der Waals surface area contributed by atoms with E-state index in [4.69, 9.17) is 29.2 Å². The van der Waals surface area contributed by atoms with Crippen molar-refractivity contribution in [2.45, 2.75) is 90.9 Å². The highest BCUT2D eigenvalue weighted by Gasteiger charge is 2.13. The lowest BCUT2D eigenvalue weighted by Crippen LogP contribution is -2.15. The predicted octanol–water partition coefficient (Wildman–Crippen LogP) is 7.32. The summed E-state index contributed by atoms with van der Waals surface area (Å²) in [6, 6.07) is 12.4. The smallest absolute Gasteiger partial charge is 0.335 e. The van der Waals surface area contributed by atoms with Crippen molar-refractivity contribution in [3.05, 3.63) is 71.8 Å². The summed E-state index contributed by atoms with van der Waals surface area (Å²) in [6.45, 7) is 10.9. The zero-order chi connectivity index (χ0) is 33.6. The Morgan fingerprint density at radius 1 is 0.630 bits per heavy atom. The number of aryl methyl sites for hydroxylation is 2. The van der Waals surface area contributed by atoms with Crippen LogP contribution >= 0.6 is 0 Å². The Kier molecular flexibility index (Phi) is 19.1. The van der Waals surface area contributed by atoms with Gasteiger partial charge in [0, 0.05) is 0 Å². The number of benzene rings is 2. The standard InChI is InChI=1S/C38H54O8/c1-5-7-9-11-13-15-31-23-33(25-35(24-31)44-20-22-46-38(42)30(4)28-40)36-26-34(43-19-21-45-37(41)29(3)27-39)18-17-32(36)16-14-12-10-8-6-2/h17-18,23-26,39-40H,3-16,19-22,27-28H2,1-2H3. The molecule has 0 saturated heterocycles. The van der Waals surface area contributed by atoms with Gasteiger partial charge in [-0.2, -0.15) is 0 Å². The van der Waals surface area contributed by atoms with E-state index in [0.717, 1.165) is 36.8 Å². The number of unbranched alkanes of at least 4 members (excludes halogenated alkanes) is 8. The highest BCUT2D eigenvalue weighted by molar-refractivity contribution is 5.88. The van der Waals surface area contributed by atoms with Gasteiger partial charge in [0.15, 0.2) is 0 Å². The third-order valence-corrected chi connectivity index (χ3v) is 7.61. The van der Waals surface area contributed by atoms with Crippen molar-refractivity contribution in [2.24, 2.45) is 0 Å². The summed E-state index contributed by atoms with van der Waals surface area (Å²) in [5.41, 5.74) is 4.48. The summed E-state index contributed by atoms with van der Waals surface area (Å²) >= 11 is 0. The predicted molar refractivity (Wildman–Crippen MR) is 182 cm³/mol. The van der Waals surface area contributed by atoms with Gasteiger partial charge in [0.1, 0.15) is 37.9 Å². The fourth-order valence-corrected chi connectivity index (χ4v) is 4.95. The van der Waals surface area contributed by atoms with Crippen LogP contribution in [0.3, 0.4) is 0 Å². The van der Waals surface area contributed by atoms with E-state index in [1.165, 1.54) is 62.5 Å². The molecule has 2 aromatic carbocycles. The summed E-state index contributed by atoms with van der Waals surface area (Å²) in [4.78, 5) is 23.7. The van der Waals surface area contributed by atoms with E-state index in [-0.39, 0.29) is 37.6 Å². The van der Waals surface area contributed by atoms with Crippen LogP contribution < -0.4 is 9.47 Å². The number of rotatable bonds is 25. The fourth-order valence-electron chi connectivity index (χ4n) is 4.95. The van der Waals surface area contributed by atoms with Crippen molar-refractivity contribution >= 4 is 11.9 Å². The van der Waals surface area contributed by atoms with Gasteiger partial charge in [-0.15, -0.1) is 0 Å². The van der Waals surface area contributed by atoms with Crippen molar-refractivity contribution in [1.82, 2.24) is 0 Å². The lowest BCUT2D eigenvalue weighted by atomic mass is 9.93.